The van der Waals surface area contributed by atoms with E-state index in [9.17, 15) is 0 Å². The van der Waals surface area contributed by atoms with Crippen molar-refractivity contribution >= 4 is 29.9 Å². The van der Waals surface area contributed by atoms with Crippen molar-refractivity contribution in [2.75, 3.05) is 26.7 Å². The van der Waals surface area contributed by atoms with Gasteiger partial charge in [-0.05, 0) is 38.8 Å². The number of hydrogen-bond acceptors (Lipinski definition) is 5. The number of ether oxygens (including phenoxy) is 2. The van der Waals surface area contributed by atoms with E-state index in [1.54, 1.807) is 19.8 Å². The monoisotopic (exact) mass is 502 g/mol. The molecule has 28 heavy (non-hydrogen) atoms. The number of methoxy groups -OCH3 is 1. The zero-order chi connectivity index (χ0) is 19.3. The maximum absolute atomic E-state index is 5.95. The van der Waals surface area contributed by atoms with Crippen LogP contribution in [-0.4, -0.2) is 53.6 Å². The number of aryl methyl sites for hydroxylation is 1. The molecule has 9 heteroatoms. The summed E-state index contributed by atoms with van der Waals surface area (Å²) in [5.74, 6) is 2.26. The number of aliphatic imine (C=N–C) groups is 1. The smallest absolute Gasteiger partial charge is 0.191 e. The normalized spacial score (nSPS) is 12.0. The molecule has 0 spiro atoms. The SMILES string of the molecule is CCNC(=NCC(C)Oc1ccccc1OC)NCCCCn1cnnc1.I. The van der Waals surface area contributed by atoms with Crippen LogP contribution in [0, 0.1) is 0 Å². The number of aromatic nitrogens is 3. The maximum atomic E-state index is 5.95. The zero-order valence-corrected chi connectivity index (χ0v) is 19.1. The van der Waals surface area contributed by atoms with E-state index in [-0.39, 0.29) is 30.1 Å². The molecule has 8 nitrogen and oxygen atoms in total. The lowest BCUT2D eigenvalue weighted by molar-refractivity contribution is 0.219. The van der Waals surface area contributed by atoms with Gasteiger partial charge in [0, 0.05) is 19.6 Å². The molecule has 1 aromatic heterocycles. The summed E-state index contributed by atoms with van der Waals surface area (Å²) < 4.78 is 13.2. The van der Waals surface area contributed by atoms with Gasteiger partial charge in [-0.25, -0.2) is 4.99 Å². The fourth-order valence-electron chi connectivity index (χ4n) is 2.50. The van der Waals surface area contributed by atoms with Gasteiger partial charge in [-0.15, -0.1) is 34.2 Å². The van der Waals surface area contributed by atoms with Gasteiger partial charge in [-0.1, -0.05) is 12.1 Å². The summed E-state index contributed by atoms with van der Waals surface area (Å²) >= 11 is 0. The molecule has 1 heterocycles. The first kappa shape index (κ1) is 24.0. The number of nitrogens with zero attached hydrogens (tertiary/aromatic N) is 4. The van der Waals surface area contributed by atoms with Crippen molar-refractivity contribution < 1.29 is 9.47 Å². The molecule has 1 atom stereocenters. The van der Waals surface area contributed by atoms with Crippen molar-refractivity contribution in [3.63, 3.8) is 0 Å². The Bertz CT molecular complexity index is 681. The highest BCUT2D eigenvalue weighted by Gasteiger charge is 2.08. The Kier molecular flexibility index (Phi) is 12.0. The number of rotatable bonds is 11. The lowest BCUT2D eigenvalue weighted by Crippen LogP contribution is -2.38. The average molecular weight is 502 g/mol. The molecule has 2 aromatic rings. The van der Waals surface area contributed by atoms with Gasteiger partial charge in [0.05, 0.1) is 13.7 Å². The van der Waals surface area contributed by atoms with Crippen molar-refractivity contribution in [3.05, 3.63) is 36.9 Å². The molecule has 0 amide bonds. The quantitative estimate of drug-likeness (QED) is 0.213. The van der Waals surface area contributed by atoms with Crippen LogP contribution in [0.4, 0.5) is 0 Å². The molecule has 156 valence electrons. The Morgan fingerprint density at radius 1 is 1.14 bits per heavy atom. The Morgan fingerprint density at radius 3 is 2.54 bits per heavy atom. The molecule has 1 aromatic carbocycles. The summed E-state index contributed by atoms with van der Waals surface area (Å²) in [6, 6.07) is 7.64. The lowest BCUT2D eigenvalue weighted by atomic mass is 10.3. The van der Waals surface area contributed by atoms with Crippen LogP contribution in [0.2, 0.25) is 0 Å². The number of hydrogen-bond donors (Lipinski definition) is 2. The molecule has 0 saturated heterocycles. The van der Waals surface area contributed by atoms with E-state index in [1.807, 2.05) is 35.8 Å². The summed E-state index contributed by atoms with van der Waals surface area (Å²) in [4.78, 5) is 4.62. The van der Waals surface area contributed by atoms with Gasteiger partial charge < -0.3 is 24.7 Å². The van der Waals surface area contributed by atoms with Gasteiger partial charge in [-0.3, -0.25) is 0 Å². The fourth-order valence-corrected chi connectivity index (χ4v) is 2.50. The van der Waals surface area contributed by atoms with E-state index in [0.717, 1.165) is 49.9 Å². The second-order valence-electron chi connectivity index (χ2n) is 6.13. The predicted molar refractivity (Wildman–Crippen MR) is 122 cm³/mol. The lowest BCUT2D eigenvalue weighted by Gasteiger charge is -2.16. The van der Waals surface area contributed by atoms with E-state index in [0.29, 0.717) is 6.54 Å². The second kappa shape index (κ2) is 14.0. The molecule has 1 unspecified atom stereocenters. The van der Waals surface area contributed by atoms with Crippen molar-refractivity contribution in [2.45, 2.75) is 39.3 Å². The summed E-state index contributed by atoms with van der Waals surface area (Å²) in [6.07, 6.45) is 5.50. The second-order valence-corrected chi connectivity index (χ2v) is 6.13. The van der Waals surface area contributed by atoms with E-state index in [4.69, 9.17) is 9.47 Å². The third-order valence-corrected chi connectivity index (χ3v) is 3.85. The van der Waals surface area contributed by atoms with Crippen LogP contribution in [0.1, 0.15) is 26.7 Å². The van der Waals surface area contributed by atoms with E-state index in [1.165, 1.54) is 0 Å². The number of unbranched alkanes of at least 4 members (excludes halogenated alkanes) is 1. The highest BCUT2D eigenvalue weighted by Crippen LogP contribution is 2.26. The first-order valence-electron chi connectivity index (χ1n) is 9.37. The number of guanidine groups is 1. The summed E-state index contributed by atoms with van der Waals surface area (Å²) in [5.41, 5.74) is 0. The van der Waals surface area contributed by atoms with E-state index < -0.39 is 0 Å². The summed E-state index contributed by atoms with van der Waals surface area (Å²) in [5, 5.41) is 14.2. The zero-order valence-electron chi connectivity index (χ0n) is 16.8. The Morgan fingerprint density at radius 2 is 1.86 bits per heavy atom. The van der Waals surface area contributed by atoms with Gasteiger partial charge >= 0.3 is 0 Å². The molecular weight excluding hydrogens is 471 g/mol. The molecule has 2 rings (SSSR count). The van der Waals surface area contributed by atoms with Crippen LogP contribution >= 0.6 is 24.0 Å². The number of nitrogens with one attached hydrogen (secondary N) is 2. The predicted octanol–water partition coefficient (Wildman–Crippen LogP) is 2.71. The van der Waals surface area contributed by atoms with Gasteiger partial charge in [0.1, 0.15) is 18.8 Å². The van der Waals surface area contributed by atoms with Gasteiger partial charge in [0.25, 0.3) is 0 Å². The molecule has 0 aliphatic rings. The minimum absolute atomic E-state index is 0. The van der Waals surface area contributed by atoms with Crippen LogP contribution in [0.5, 0.6) is 11.5 Å². The number of halogens is 1. The highest BCUT2D eigenvalue weighted by molar-refractivity contribution is 14.0. The molecule has 0 aliphatic heterocycles. The number of para-hydroxylation sites is 2. The Hall–Kier alpha value is -2.04. The molecule has 0 saturated carbocycles. The van der Waals surface area contributed by atoms with E-state index >= 15 is 0 Å². The average Bonchev–Trinajstić information content (AvgIpc) is 3.19. The van der Waals surface area contributed by atoms with Crippen LogP contribution in [0.15, 0.2) is 41.9 Å². The molecular formula is C19H31IN6O2. The maximum Gasteiger partial charge on any atom is 0.191 e. The summed E-state index contributed by atoms with van der Waals surface area (Å²) in [7, 11) is 1.64. The van der Waals surface area contributed by atoms with Crippen LogP contribution in [-0.2, 0) is 6.54 Å². The van der Waals surface area contributed by atoms with Crippen LogP contribution in [0.3, 0.4) is 0 Å². The molecule has 0 bridgehead atoms. The third-order valence-electron chi connectivity index (χ3n) is 3.85. The Labute approximate surface area is 184 Å². The number of benzene rings is 1. The minimum atomic E-state index is -0.0644. The van der Waals surface area contributed by atoms with Crippen molar-refractivity contribution in [1.82, 2.24) is 25.4 Å². The topological polar surface area (TPSA) is 85.6 Å². The Balaban J connectivity index is 0.00000392. The molecule has 2 N–H and O–H groups in total. The van der Waals surface area contributed by atoms with Crippen molar-refractivity contribution in [1.29, 1.82) is 0 Å². The van der Waals surface area contributed by atoms with Gasteiger partial charge in [0.15, 0.2) is 17.5 Å². The first-order valence-corrected chi connectivity index (χ1v) is 9.37. The third kappa shape index (κ3) is 8.77. The van der Waals surface area contributed by atoms with Crippen LogP contribution in [0.25, 0.3) is 0 Å². The minimum Gasteiger partial charge on any atom is -0.493 e. The molecule has 0 fully saturated rings. The van der Waals surface area contributed by atoms with Crippen LogP contribution < -0.4 is 20.1 Å². The highest BCUT2D eigenvalue weighted by atomic mass is 127. The first-order chi connectivity index (χ1) is 13.2. The van der Waals surface area contributed by atoms with Crippen molar-refractivity contribution in [3.8, 4) is 11.5 Å². The standard InChI is InChI=1S/C19H30N6O2.HI/c1-4-20-19(21-11-7-8-12-25-14-23-24-15-25)22-13-16(2)27-18-10-6-5-9-17(18)26-3;/h5-6,9-10,14-16H,4,7-8,11-13H2,1-3H3,(H2,20,21,22);1H. The van der Waals surface area contributed by atoms with Gasteiger partial charge in [0.2, 0.25) is 0 Å². The molecule has 0 radical (unpaired) electrons. The van der Waals surface area contributed by atoms with Gasteiger partial charge in [-0.2, -0.15) is 0 Å². The fraction of sp³-hybridized carbons (Fsp3) is 0.526. The summed E-state index contributed by atoms with van der Waals surface area (Å²) in [6.45, 7) is 7.20. The van der Waals surface area contributed by atoms with Crippen molar-refractivity contribution in [2.24, 2.45) is 4.99 Å². The molecule has 0 aliphatic carbocycles. The largest absolute Gasteiger partial charge is 0.493 e. The van der Waals surface area contributed by atoms with E-state index in [2.05, 4.69) is 32.7 Å².